The molecule has 0 unspecified atom stereocenters. The molecule has 0 amide bonds. The molecule has 0 fully saturated rings. The van der Waals surface area contributed by atoms with Crippen molar-refractivity contribution in [2.45, 2.75) is 26.4 Å². The summed E-state index contributed by atoms with van der Waals surface area (Å²) < 4.78 is 6.75. The van der Waals surface area contributed by atoms with Crippen molar-refractivity contribution in [3.63, 3.8) is 0 Å². The monoisotopic (exact) mass is 276 g/mol. The van der Waals surface area contributed by atoms with E-state index in [0.29, 0.717) is 4.80 Å². The molecule has 0 radical (unpaired) electrons. The van der Waals surface area contributed by atoms with Gasteiger partial charge >= 0.3 is 6.09 Å². The van der Waals surface area contributed by atoms with E-state index in [0.717, 1.165) is 5.69 Å². The van der Waals surface area contributed by atoms with E-state index < -0.39 is 11.7 Å². The largest absolute Gasteiger partial charge is 0.443 e. The lowest BCUT2D eigenvalue weighted by atomic mass is 10.2. The van der Waals surface area contributed by atoms with Gasteiger partial charge in [0.15, 0.2) is 4.80 Å². The van der Waals surface area contributed by atoms with E-state index in [1.807, 2.05) is 56.5 Å². The second-order valence-corrected chi connectivity index (χ2v) is 5.86. The maximum atomic E-state index is 12.0. The second kappa shape index (κ2) is 5.40. The van der Waals surface area contributed by atoms with E-state index in [9.17, 15) is 4.79 Å². The molecule has 19 heavy (non-hydrogen) atoms. The number of rotatable bonds is 1. The minimum atomic E-state index is -0.518. The van der Waals surface area contributed by atoms with Gasteiger partial charge in [0.05, 0.1) is 5.69 Å². The first-order valence-corrected chi connectivity index (χ1v) is 6.83. The fourth-order valence-electron chi connectivity index (χ4n) is 1.42. The van der Waals surface area contributed by atoms with Gasteiger partial charge in [-0.1, -0.05) is 18.2 Å². The van der Waals surface area contributed by atoms with E-state index >= 15 is 0 Å². The molecule has 0 spiro atoms. The highest BCUT2D eigenvalue weighted by molar-refractivity contribution is 7.07. The molecule has 0 aliphatic heterocycles. The third-order valence-electron chi connectivity index (χ3n) is 2.16. The number of aromatic nitrogens is 1. The molecule has 0 saturated heterocycles. The van der Waals surface area contributed by atoms with Gasteiger partial charge in [0.25, 0.3) is 0 Å². The van der Waals surface area contributed by atoms with Crippen molar-refractivity contribution in [1.82, 2.24) is 4.57 Å². The lowest BCUT2D eigenvalue weighted by Crippen LogP contribution is -2.31. The molecular weight excluding hydrogens is 260 g/mol. The lowest BCUT2D eigenvalue weighted by Gasteiger charge is -2.19. The Hall–Kier alpha value is -1.88. The van der Waals surface area contributed by atoms with Crippen LogP contribution >= 0.6 is 11.3 Å². The van der Waals surface area contributed by atoms with Gasteiger partial charge in [0.2, 0.25) is 0 Å². The summed E-state index contributed by atoms with van der Waals surface area (Å²) >= 11 is 1.39. The summed E-state index contributed by atoms with van der Waals surface area (Å²) in [6, 6.07) is 9.52. The lowest BCUT2D eigenvalue weighted by molar-refractivity contribution is 0.0532. The maximum absolute atomic E-state index is 12.0. The molecule has 4 nitrogen and oxygen atoms in total. The first-order chi connectivity index (χ1) is 8.96. The van der Waals surface area contributed by atoms with Gasteiger partial charge < -0.3 is 4.74 Å². The number of thiazole rings is 1. The number of nitrogens with zero attached hydrogens (tertiary/aromatic N) is 2. The highest BCUT2D eigenvalue weighted by Crippen LogP contribution is 2.11. The third kappa shape index (κ3) is 3.79. The van der Waals surface area contributed by atoms with Crippen LogP contribution in [0.1, 0.15) is 20.8 Å². The number of ether oxygens (including phenoxy) is 1. The van der Waals surface area contributed by atoms with Gasteiger partial charge in [0.1, 0.15) is 5.60 Å². The highest BCUT2D eigenvalue weighted by atomic mass is 32.1. The van der Waals surface area contributed by atoms with Crippen LogP contribution in [0, 0.1) is 0 Å². The van der Waals surface area contributed by atoms with Gasteiger partial charge in [0, 0.05) is 11.6 Å². The van der Waals surface area contributed by atoms with Gasteiger partial charge in [-0.25, -0.2) is 14.4 Å². The topological polar surface area (TPSA) is 43.6 Å². The quantitative estimate of drug-likeness (QED) is 0.799. The van der Waals surface area contributed by atoms with Crippen LogP contribution in [-0.4, -0.2) is 16.3 Å². The van der Waals surface area contributed by atoms with Gasteiger partial charge in [-0.2, -0.15) is 0 Å². The Morgan fingerprint density at radius 3 is 2.58 bits per heavy atom. The van der Waals surface area contributed by atoms with Crippen molar-refractivity contribution in [1.29, 1.82) is 0 Å². The normalized spacial score (nSPS) is 12.5. The molecule has 2 rings (SSSR count). The van der Waals surface area contributed by atoms with Gasteiger partial charge in [-0.15, -0.1) is 11.3 Å². The van der Waals surface area contributed by atoms with E-state index in [-0.39, 0.29) is 0 Å². The molecule has 1 heterocycles. The molecule has 0 bridgehead atoms. The molecule has 100 valence electrons. The van der Waals surface area contributed by atoms with Crippen LogP contribution in [0.15, 0.2) is 46.9 Å². The summed E-state index contributed by atoms with van der Waals surface area (Å²) in [7, 11) is 0. The van der Waals surface area contributed by atoms with Crippen LogP contribution in [0.25, 0.3) is 0 Å². The Kier molecular flexibility index (Phi) is 3.85. The number of para-hydroxylation sites is 1. The third-order valence-corrected chi connectivity index (χ3v) is 2.92. The van der Waals surface area contributed by atoms with Crippen molar-refractivity contribution < 1.29 is 9.53 Å². The van der Waals surface area contributed by atoms with E-state index in [1.165, 1.54) is 15.9 Å². The van der Waals surface area contributed by atoms with Gasteiger partial charge in [-0.05, 0) is 32.9 Å². The molecule has 0 aliphatic carbocycles. The predicted octanol–water partition coefficient (Wildman–Crippen LogP) is 3.57. The van der Waals surface area contributed by atoms with Crippen molar-refractivity contribution in [3.05, 3.63) is 46.7 Å². The fraction of sp³-hybridized carbons (Fsp3) is 0.286. The number of carbonyl (C=O) groups is 1. The second-order valence-electron chi connectivity index (χ2n) is 4.98. The van der Waals surface area contributed by atoms with Crippen LogP contribution in [0.3, 0.4) is 0 Å². The van der Waals surface area contributed by atoms with Crippen LogP contribution < -0.4 is 4.80 Å². The summed E-state index contributed by atoms with van der Waals surface area (Å²) in [5.41, 5.74) is 0.290. The molecule has 1 aromatic carbocycles. The zero-order valence-electron chi connectivity index (χ0n) is 11.2. The minimum Gasteiger partial charge on any atom is -0.443 e. The maximum Gasteiger partial charge on any atom is 0.420 e. The van der Waals surface area contributed by atoms with Crippen LogP contribution in [0.5, 0.6) is 0 Å². The molecule has 0 N–H and O–H groups in total. The van der Waals surface area contributed by atoms with Crippen molar-refractivity contribution in [3.8, 4) is 0 Å². The Morgan fingerprint density at radius 1 is 1.26 bits per heavy atom. The molecule has 1 aromatic heterocycles. The smallest absolute Gasteiger partial charge is 0.420 e. The number of benzene rings is 1. The Balaban J connectivity index is 2.33. The van der Waals surface area contributed by atoms with E-state index in [1.54, 1.807) is 6.20 Å². The Morgan fingerprint density at radius 2 is 1.95 bits per heavy atom. The van der Waals surface area contributed by atoms with Crippen LogP contribution in [-0.2, 0) is 4.74 Å². The summed E-state index contributed by atoms with van der Waals surface area (Å²) in [6.07, 6.45) is 1.25. The molecule has 5 heteroatoms. The average Bonchev–Trinajstić information content (AvgIpc) is 2.76. The minimum absolute atomic E-state index is 0.413. The average molecular weight is 276 g/mol. The zero-order valence-corrected chi connectivity index (χ0v) is 12.0. The highest BCUT2D eigenvalue weighted by Gasteiger charge is 2.18. The van der Waals surface area contributed by atoms with Crippen molar-refractivity contribution in [2.24, 2.45) is 4.99 Å². The molecule has 0 saturated carbocycles. The zero-order chi connectivity index (χ0) is 13.9. The Labute approximate surface area is 116 Å². The summed E-state index contributed by atoms with van der Waals surface area (Å²) in [6.45, 7) is 5.52. The predicted molar refractivity (Wildman–Crippen MR) is 75.6 cm³/mol. The summed E-state index contributed by atoms with van der Waals surface area (Å²) in [4.78, 5) is 17.1. The number of hydrogen-bond donors (Lipinski definition) is 0. The first kappa shape index (κ1) is 13.5. The summed E-state index contributed by atoms with van der Waals surface area (Å²) in [5.74, 6) is 0. The van der Waals surface area contributed by atoms with Crippen molar-refractivity contribution in [2.75, 3.05) is 0 Å². The molecule has 0 atom stereocenters. The van der Waals surface area contributed by atoms with Crippen molar-refractivity contribution >= 4 is 23.1 Å². The van der Waals surface area contributed by atoms with Crippen LogP contribution in [0.2, 0.25) is 0 Å². The van der Waals surface area contributed by atoms with Crippen LogP contribution in [0.4, 0.5) is 10.5 Å². The Bertz CT molecular complexity index is 621. The molecule has 0 aliphatic rings. The fourth-order valence-corrected chi connectivity index (χ4v) is 2.13. The van der Waals surface area contributed by atoms with E-state index in [4.69, 9.17) is 4.74 Å². The van der Waals surface area contributed by atoms with E-state index in [2.05, 4.69) is 4.99 Å². The molecule has 2 aromatic rings. The SMILES string of the molecule is CC(C)(C)OC(=O)n1ccsc1=Nc1ccccc1. The molecular formula is C14H16N2O2S. The first-order valence-electron chi connectivity index (χ1n) is 5.95. The van der Waals surface area contributed by atoms with Gasteiger partial charge in [-0.3, -0.25) is 0 Å². The summed E-state index contributed by atoms with van der Waals surface area (Å²) in [5, 5.41) is 1.81. The standard InChI is InChI=1S/C14H16N2O2S/c1-14(2,3)18-13(17)16-9-10-19-12(16)15-11-7-5-4-6-8-11/h4-10H,1-3H3. The number of carbonyl (C=O) groups excluding carboxylic acids is 1. The number of hydrogen-bond acceptors (Lipinski definition) is 4.